The predicted molar refractivity (Wildman–Crippen MR) is 127 cm³/mol. The number of methoxy groups -OCH3 is 1. The summed E-state index contributed by atoms with van der Waals surface area (Å²) in [5, 5.41) is 0. The van der Waals surface area contributed by atoms with E-state index in [1.54, 1.807) is 0 Å². The summed E-state index contributed by atoms with van der Waals surface area (Å²) in [6, 6.07) is 4.08. The van der Waals surface area contributed by atoms with E-state index in [9.17, 15) is 0 Å². The number of ether oxygens (including phenoxy) is 2. The summed E-state index contributed by atoms with van der Waals surface area (Å²) in [7, 11) is 2.01. The summed E-state index contributed by atoms with van der Waals surface area (Å²) < 4.78 is 12.5. The quantitative estimate of drug-likeness (QED) is 0.514. The summed E-state index contributed by atoms with van der Waals surface area (Å²) in [4.78, 5) is 4.46. The Hall–Kier alpha value is -1.09. The number of nitrogens with zero attached hydrogens (tertiary/aromatic N) is 1. The lowest BCUT2D eigenvalue weighted by atomic mass is 9.45. The molecule has 0 saturated heterocycles. The standard InChI is InChI=1S/C29H43NO2/c1-18-7-6-14-30-26(18)32-17-19(2)22-8-9-23-21-15-25(31-5)29-16-20(29)10-13-28(29,4)24(21)11-12-27(22,23)3/h6-7,14,19-25H,8-13,15-17H2,1-5H3/t19-,20?,21+,22-,23+,24+,25?,27-,28-,29+/m1/s1. The van der Waals surface area contributed by atoms with Crippen LogP contribution in [0.1, 0.15) is 77.7 Å². The van der Waals surface area contributed by atoms with E-state index in [1.165, 1.54) is 51.4 Å². The predicted octanol–water partition coefficient (Wildman–Crippen LogP) is 6.69. The van der Waals surface area contributed by atoms with Gasteiger partial charge in [0.2, 0.25) is 5.88 Å². The van der Waals surface area contributed by atoms with Crippen LogP contribution in [0.4, 0.5) is 0 Å². The first-order valence-corrected chi connectivity index (χ1v) is 13.4. The highest BCUT2D eigenvalue weighted by atomic mass is 16.5. The molecule has 5 saturated carbocycles. The van der Waals surface area contributed by atoms with Crippen LogP contribution in [0.3, 0.4) is 0 Å². The van der Waals surface area contributed by atoms with E-state index < -0.39 is 0 Å². The first-order chi connectivity index (χ1) is 15.3. The molecule has 0 aliphatic heterocycles. The van der Waals surface area contributed by atoms with Gasteiger partial charge in [0.15, 0.2) is 0 Å². The van der Waals surface area contributed by atoms with Crippen LogP contribution in [-0.2, 0) is 4.74 Å². The SMILES string of the molecule is COC1C[C@H]2[C@@H]3CC[C@H]([C@H](C)COc4ncccc4C)[C@@]3(C)CC[C@@H]2[C@@]2(C)CCC3C[C@]312. The molecule has 176 valence electrons. The second-order valence-electron chi connectivity index (χ2n) is 12.9. The molecule has 0 aromatic carbocycles. The van der Waals surface area contributed by atoms with Gasteiger partial charge >= 0.3 is 0 Å². The second kappa shape index (κ2) is 7.20. The molecule has 1 heterocycles. The minimum Gasteiger partial charge on any atom is -0.477 e. The van der Waals surface area contributed by atoms with Crippen molar-refractivity contribution in [2.45, 2.75) is 85.2 Å². The van der Waals surface area contributed by atoms with Crippen LogP contribution in [-0.4, -0.2) is 24.8 Å². The first kappa shape index (κ1) is 21.4. The molecule has 5 aliphatic rings. The molecule has 0 bridgehead atoms. The van der Waals surface area contributed by atoms with Crippen LogP contribution < -0.4 is 4.74 Å². The van der Waals surface area contributed by atoms with Gasteiger partial charge in [-0.2, -0.15) is 0 Å². The van der Waals surface area contributed by atoms with Gasteiger partial charge < -0.3 is 9.47 Å². The van der Waals surface area contributed by atoms with Crippen molar-refractivity contribution in [1.29, 1.82) is 0 Å². The van der Waals surface area contributed by atoms with Crippen LogP contribution in [0.5, 0.6) is 5.88 Å². The summed E-state index contributed by atoms with van der Waals surface area (Å²) in [6.45, 7) is 10.7. The second-order valence-corrected chi connectivity index (χ2v) is 12.9. The molecule has 6 rings (SSSR count). The smallest absolute Gasteiger partial charge is 0.216 e. The van der Waals surface area contributed by atoms with Crippen molar-refractivity contribution < 1.29 is 9.47 Å². The topological polar surface area (TPSA) is 31.4 Å². The molecule has 0 radical (unpaired) electrons. The first-order valence-electron chi connectivity index (χ1n) is 13.4. The zero-order valence-corrected chi connectivity index (χ0v) is 20.9. The van der Waals surface area contributed by atoms with E-state index in [-0.39, 0.29) is 0 Å². The van der Waals surface area contributed by atoms with E-state index in [4.69, 9.17) is 9.47 Å². The highest BCUT2D eigenvalue weighted by Crippen LogP contribution is 2.82. The van der Waals surface area contributed by atoms with E-state index in [0.29, 0.717) is 28.3 Å². The Morgan fingerprint density at radius 2 is 1.97 bits per heavy atom. The zero-order valence-electron chi connectivity index (χ0n) is 20.9. The van der Waals surface area contributed by atoms with Gasteiger partial charge in [-0.15, -0.1) is 0 Å². The lowest BCUT2D eigenvalue weighted by molar-refractivity contribution is -0.161. The van der Waals surface area contributed by atoms with Crippen LogP contribution in [0.25, 0.3) is 0 Å². The number of pyridine rings is 1. The molecular weight excluding hydrogens is 394 g/mol. The van der Waals surface area contributed by atoms with Crippen molar-refractivity contribution in [1.82, 2.24) is 4.98 Å². The summed E-state index contributed by atoms with van der Waals surface area (Å²) in [5.74, 6) is 5.79. The van der Waals surface area contributed by atoms with Crippen molar-refractivity contribution in [2.75, 3.05) is 13.7 Å². The summed E-state index contributed by atoms with van der Waals surface area (Å²) in [6.07, 6.45) is 13.7. The third-order valence-corrected chi connectivity index (χ3v) is 12.0. The lowest BCUT2D eigenvalue weighted by Crippen LogP contribution is -2.57. The van der Waals surface area contributed by atoms with Crippen LogP contribution in [0, 0.1) is 58.7 Å². The molecule has 1 aromatic rings. The van der Waals surface area contributed by atoms with Gasteiger partial charge in [-0.25, -0.2) is 4.98 Å². The number of aromatic nitrogens is 1. The van der Waals surface area contributed by atoms with Crippen LogP contribution in [0.15, 0.2) is 18.3 Å². The molecule has 0 N–H and O–H groups in total. The Bertz CT molecular complexity index is 886. The van der Waals surface area contributed by atoms with Gasteiger partial charge in [0.05, 0.1) is 12.7 Å². The van der Waals surface area contributed by atoms with Gasteiger partial charge in [0.25, 0.3) is 0 Å². The van der Waals surface area contributed by atoms with Gasteiger partial charge in [-0.05, 0) is 111 Å². The van der Waals surface area contributed by atoms with Crippen LogP contribution in [0.2, 0.25) is 0 Å². The average Bonchev–Trinajstić information content (AvgIpc) is 3.29. The molecule has 3 nitrogen and oxygen atoms in total. The molecule has 1 aromatic heterocycles. The van der Waals surface area contributed by atoms with E-state index in [2.05, 4.69) is 38.7 Å². The number of hydrogen-bond acceptors (Lipinski definition) is 3. The molecule has 1 spiro atoms. The molecule has 10 atom stereocenters. The molecule has 5 aliphatic carbocycles. The van der Waals surface area contributed by atoms with Gasteiger partial charge in [0, 0.05) is 24.3 Å². The van der Waals surface area contributed by atoms with Crippen molar-refractivity contribution in [2.24, 2.45) is 51.8 Å². The maximum absolute atomic E-state index is 6.29. The Morgan fingerprint density at radius 3 is 2.72 bits per heavy atom. The van der Waals surface area contributed by atoms with Crippen molar-refractivity contribution in [3.8, 4) is 5.88 Å². The van der Waals surface area contributed by atoms with E-state index >= 15 is 0 Å². The van der Waals surface area contributed by atoms with Gasteiger partial charge in [-0.1, -0.05) is 26.8 Å². The van der Waals surface area contributed by atoms with Gasteiger partial charge in [-0.3, -0.25) is 0 Å². The lowest BCUT2D eigenvalue weighted by Gasteiger charge is -2.61. The fourth-order valence-electron chi connectivity index (χ4n) is 10.5. The molecule has 32 heavy (non-hydrogen) atoms. The fourth-order valence-corrected chi connectivity index (χ4v) is 10.5. The summed E-state index contributed by atoms with van der Waals surface area (Å²) in [5.41, 5.74) is 2.67. The zero-order chi connectivity index (χ0) is 22.3. The Balaban J connectivity index is 1.21. The average molecular weight is 438 g/mol. The van der Waals surface area contributed by atoms with E-state index in [1.807, 2.05) is 19.4 Å². The number of aryl methyl sites for hydroxylation is 1. The van der Waals surface area contributed by atoms with Crippen molar-refractivity contribution >= 4 is 0 Å². The summed E-state index contributed by atoms with van der Waals surface area (Å²) >= 11 is 0. The Labute approximate surface area is 195 Å². The molecule has 5 fully saturated rings. The normalized spacial score (nSPS) is 49.5. The maximum atomic E-state index is 6.29. The molecule has 2 unspecified atom stereocenters. The minimum atomic E-state index is 0.462. The highest BCUT2D eigenvalue weighted by molar-refractivity contribution is 5.26. The molecule has 3 heteroatoms. The van der Waals surface area contributed by atoms with Gasteiger partial charge in [0.1, 0.15) is 0 Å². The number of rotatable bonds is 5. The van der Waals surface area contributed by atoms with Crippen molar-refractivity contribution in [3.63, 3.8) is 0 Å². The number of hydrogen-bond donors (Lipinski definition) is 0. The molecular formula is C29H43NO2. The fraction of sp³-hybridized carbons (Fsp3) is 0.828. The minimum absolute atomic E-state index is 0.462. The van der Waals surface area contributed by atoms with Crippen LogP contribution >= 0.6 is 0 Å². The number of fused-ring (bicyclic) bond motifs is 4. The Morgan fingerprint density at radius 1 is 1.12 bits per heavy atom. The third-order valence-electron chi connectivity index (χ3n) is 12.0. The monoisotopic (exact) mass is 437 g/mol. The Kier molecular flexibility index (Phi) is 4.83. The third kappa shape index (κ3) is 2.67. The largest absolute Gasteiger partial charge is 0.477 e. The molecule has 0 amide bonds. The maximum Gasteiger partial charge on any atom is 0.216 e. The van der Waals surface area contributed by atoms with E-state index in [0.717, 1.165) is 47.6 Å². The van der Waals surface area contributed by atoms with Crippen molar-refractivity contribution in [3.05, 3.63) is 23.9 Å². The highest BCUT2D eigenvalue weighted by Gasteiger charge is 2.77.